The summed E-state index contributed by atoms with van der Waals surface area (Å²) in [6.45, 7) is 0.386. The van der Waals surface area contributed by atoms with Crippen molar-refractivity contribution in [3.63, 3.8) is 0 Å². The molecule has 4 rings (SSSR count). The lowest BCUT2D eigenvalue weighted by atomic mass is 9.84. The number of carbonyl (C=O) groups excluding carboxylic acids is 1. The molecule has 2 aliphatic heterocycles. The van der Waals surface area contributed by atoms with E-state index in [0.29, 0.717) is 35.4 Å². The van der Waals surface area contributed by atoms with Crippen molar-refractivity contribution in [3.8, 4) is 28.7 Å². The minimum atomic E-state index is -0.476. The number of rotatable bonds is 7. The van der Waals surface area contributed by atoms with E-state index < -0.39 is 18.1 Å². The minimum Gasteiger partial charge on any atom is -0.493 e. The predicted molar refractivity (Wildman–Crippen MR) is 110 cm³/mol. The molecule has 0 unspecified atom stereocenters. The first-order valence-electron chi connectivity index (χ1n) is 9.90. The average Bonchev–Trinajstić information content (AvgIpc) is 3.38. The van der Waals surface area contributed by atoms with Gasteiger partial charge in [0.1, 0.15) is 6.10 Å². The van der Waals surface area contributed by atoms with Gasteiger partial charge in [0.15, 0.2) is 23.0 Å². The van der Waals surface area contributed by atoms with Gasteiger partial charge in [0.25, 0.3) is 0 Å². The monoisotopic (exact) mass is 430 g/mol. The fraction of sp³-hybridized carbons (Fsp3) is 0.435. The van der Waals surface area contributed by atoms with Crippen LogP contribution in [0.1, 0.15) is 23.3 Å². The van der Waals surface area contributed by atoms with Gasteiger partial charge in [-0.05, 0) is 29.8 Å². The normalized spacial score (nSPS) is 24.4. The van der Waals surface area contributed by atoms with Crippen LogP contribution in [0.15, 0.2) is 30.3 Å². The largest absolute Gasteiger partial charge is 0.493 e. The number of carbonyl (C=O) groups is 1. The van der Waals surface area contributed by atoms with Crippen LogP contribution in [0.4, 0.5) is 0 Å². The molecule has 0 saturated carbocycles. The van der Waals surface area contributed by atoms with Crippen molar-refractivity contribution in [1.82, 2.24) is 0 Å². The van der Waals surface area contributed by atoms with Crippen LogP contribution in [0.25, 0.3) is 0 Å². The van der Waals surface area contributed by atoms with Crippen molar-refractivity contribution in [1.29, 1.82) is 0 Å². The Morgan fingerprint density at radius 3 is 1.94 bits per heavy atom. The van der Waals surface area contributed by atoms with Gasteiger partial charge in [-0.15, -0.1) is 0 Å². The molecule has 4 atom stereocenters. The first kappa shape index (κ1) is 21.1. The number of methoxy groups -OCH3 is 5. The summed E-state index contributed by atoms with van der Waals surface area (Å²) in [7, 11) is 7.80. The zero-order valence-corrected chi connectivity index (χ0v) is 18.2. The van der Waals surface area contributed by atoms with Crippen LogP contribution in [0.2, 0.25) is 0 Å². The lowest BCUT2D eigenvalue weighted by Crippen LogP contribution is -2.18. The summed E-state index contributed by atoms with van der Waals surface area (Å²) in [4.78, 5) is 12.9. The lowest BCUT2D eigenvalue weighted by Gasteiger charge is -2.19. The molecule has 0 radical (unpaired) electrons. The topological polar surface area (TPSA) is 81.7 Å². The zero-order chi connectivity index (χ0) is 22.1. The fourth-order valence-electron chi connectivity index (χ4n) is 4.43. The van der Waals surface area contributed by atoms with Crippen LogP contribution in [-0.4, -0.2) is 48.1 Å². The van der Waals surface area contributed by atoms with E-state index >= 15 is 0 Å². The summed E-state index contributed by atoms with van der Waals surface area (Å²) in [5.74, 6) is 1.83. The van der Waals surface area contributed by atoms with Crippen molar-refractivity contribution in [2.24, 2.45) is 11.8 Å². The molecule has 0 aliphatic carbocycles. The summed E-state index contributed by atoms with van der Waals surface area (Å²) in [5.41, 5.74) is 1.61. The maximum absolute atomic E-state index is 12.9. The third-order valence-electron chi connectivity index (χ3n) is 5.91. The maximum atomic E-state index is 12.9. The van der Waals surface area contributed by atoms with Gasteiger partial charge in [-0.1, -0.05) is 6.07 Å². The molecule has 0 bridgehead atoms. The molecule has 0 amide bonds. The highest BCUT2D eigenvalue weighted by Crippen LogP contribution is 2.53. The predicted octanol–water partition coefficient (Wildman–Crippen LogP) is 3.33. The number of esters is 1. The van der Waals surface area contributed by atoms with Crippen molar-refractivity contribution in [2.45, 2.75) is 12.2 Å². The minimum absolute atomic E-state index is 0.145. The summed E-state index contributed by atoms with van der Waals surface area (Å²) in [5, 5.41) is 0. The van der Waals surface area contributed by atoms with Gasteiger partial charge < -0.3 is 33.2 Å². The lowest BCUT2D eigenvalue weighted by molar-refractivity contribution is -0.148. The molecule has 31 heavy (non-hydrogen) atoms. The number of ether oxygens (including phenoxy) is 7. The highest BCUT2D eigenvalue weighted by atomic mass is 16.6. The van der Waals surface area contributed by atoms with Gasteiger partial charge in [-0.3, -0.25) is 4.79 Å². The van der Waals surface area contributed by atoms with Crippen molar-refractivity contribution in [2.75, 3.05) is 42.2 Å². The first-order chi connectivity index (χ1) is 15.1. The molecular weight excluding hydrogens is 404 g/mol. The van der Waals surface area contributed by atoms with E-state index in [1.165, 1.54) is 0 Å². The first-order valence-corrected chi connectivity index (χ1v) is 9.90. The molecule has 2 aromatic carbocycles. The Hall–Kier alpha value is -3.13. The third-order valence-corrected chi connectivity index (χ3v) is 5.91. The summed E-state index contributed by atoms with van der Waals surface area (Å²) in [6, 6.07) is 9.15. The molecule has 0 N–H and O–H groups in total. The Kier molecular flexibility index (Phi) is 5.82. The molecule has 8 heteroatoms. The summed E-state index contributed by atoms with van der Waals surface area (Å²) < 4.78 is 38.9. The smallest absolute Gasteiger partial charge is 0.313 e. The van der Waals surface area contributed by atoms with Crippen molar-refractivity contribution in [3.05, 3.63) is 41.5 Å². The van der Waals surface area contributed by atoms with Crippen molar-refractivity contribution >= 4 is 5.97 Å². The standard InChI is InChI=1S/C23H26O8/c1-25-15-7-6-12(8-16(15)26-2)21-19-14(11-30-21)20(31-23(19)24)13-9-17(27-3)22(29-5)18(10-13)28-4/h6-10,14,19-21H,11H2,1-5H3/t14-,19-,20+,21-/m0/s1. The molecule has 0 spiro atoms. The number of hydrogen-bond donors (Lipinski definition) is 0. The molecule has 2 saturated heterocycles. The molecule has 2 aliphatic rings. The fourth-order valence-corrected chi connectivity index (χ4v) is 4.43. The SMILES string of the molecule is COc1ccc([C@@H]2OC[C@H]3[C@@H]2C(=O)O[C@@H]3c2cc(OC)c(OC)c(OC)c2)cc1OC. The second-order valence-corrected chi connectivity index (χ2v) is 7.37. The summed E-state index contributed by atoms with van der Waals surface area (Å²) >= 11 is 0. The third kappa shape index (κ3) is 3.50. The van der Waals surface area contributed by atoms with Gasteiger partial charge in [0.05, 0.1) is 54.2 Å². The molecule has 0 aromatic heterocycles. The molecule has 2 aromatic rings. The Balaban J connectivity index is 1.66. The van der Waals surface area contributed by atoms with Gasteiger partial charge >= 0.3 is 5.97 Å². The average molecular weight is 430 g/mol. The molecule has 8 nitrogen and oxygen atoms in total. The number of fused-ring (bicyclic) bond motifs is 1. The molecule has 2 fully saturated rings. The van der Waals surface area contributed by atoms with Gasteiger partial charge in [0.2, 0.25) is 5.75 Å². The van der Waals surface area contributed by atoms with Crippen LogP contribution in [-0.2, 0) is 14.3 Å². The zero-order valence-electron chi connectivity index (χ0n) is 18.2. The maximum Gasteiger partial charge on any atom is 0.313 e. The molecule has 2 heterocycles. The van der Waals surface area contributed by atoms with E-state index in [4.69, 9.17) is 33.2 Å². The highest BCUT2D eigenvalue weighted by molar-refractivity contribution is 5.77. The Labute approximate surface area is 180 Å². The van der Waals surface area contributed by atoms with Crippen LogP contribution in [0, 0.1) is 11.8 Å². The summed E-state index contributed by atoms with van der Waals surface area (Å²) in [6.07, 6.45) is -0.902. The Morgan fingerprint density at radius 2 is 1.35 bits per heavy atom. The molecule has 166 valence electrons. The highest BCUT2D eigenvalue weighted by Gasteiger charge is 2.54. The van der Waals surface area contributed by atoms with E-state index in [1.807, 2.05) is 30.3 Å². The van der Waals surface area contributed by atoms with Gasteiger partial charge in [-0.2, -0.15) is 0 Å². The van der Waals surface area contributed by atoms with Gasteiger partial charge in [-0.25, -0.2) is 0 Å². The van der Waals surface area contributed by atoms with Crippen LogP contribution in [0.3, 0.4) is 0 Å². The van der Waals surface area contributed by atoms with E-state index in [9.17, 15) is 4.79 Å². The van der Waals surface area contributed by atoms with Crippen molar-refractivity contribution < 1.29 is 38.0 Å². The number of hydrogen-bond acceptors (Lipinski definition) is 8. The van der Waals surface area contributed by atoms with Crippen LogP contribution >= 0.6 is 0 Å². The quantitative estimate of drug-likeness (QED) is 0.619. The Bertz CT molecular complexity index is 947. The number of benzene rings is 2. The second kappa shape index (κ2) is 8.55. The van der Waals surface area contributed by atoms with Gasteiger partial charge in [0, 0.05) is 11.5 Å². The van der Waals surface area contributed by atoms with Crippen LogP contribution < -0.4 is 23.7 Å². The van der Waals surface area contributed by atoms with Crippen LogP contribution in [0.5, 0.6) is 28.7 Å². The molecular formula is C23H26O8. The van der Waals surface area contributed by atoms with E-state index in [0.717, 1.165) is 11.1 Å². The van der Waals surface area contributed by atoms with E-state index in [-0.39, 0.29) is 11.9 Å². The van der Waals surface area contributed by atoms with E-state index in [1.54, 1.807) is 35.5 Å². The second-order valence-electron chi connectivity index (χ2n) is 7.37. The van der Waals surface area contributed by atoms with E-state index in [2.05, 4.69) is 0 Å². The Morgan fingerprint density at radius 1 is 0.742 bits per heavy atom. The number of cyclic esters (lactones) is 1.